The van der Waals surface area contributed by atoms with Crippen LogP contribution in [0.15, 0.2) is 0 Å². The molecule has 4 heteroatoms. The summed E-state index contributed by atoms with van der Waals surface area (Å²) < 4.78 is 5.06. The zero-order chi connectivity index (χ0) is 12.2. The van der Waals surface area contributed by atoms with Gasteiger partial charge in [-0.15, -0.1) is 0 Å². The molecule has 0 amide bonds. The molecule has 0 aliphatic carbocycles. The molecule has 0 saturated heterocycles. The Morgan fingerprint density at radius 2 is 1.94 bits per heavy atom. The van der Waals surface area contributed by atoms with Gasteiger partial charge in [-0.05, 0) is 19.4 Å². The number of hydrogen-bond acceptors (Lipinski definition) is 4. The molecule has 1 N–H and O–H groups in total. The fourth-order valence-corrected chi connectivity index (χ4v) is 1.44. The minimum absolute atomic E-state index is 0.132. The lowest BCUT2D eigenvalue weighted by Crippen LogP contribution is -2.30. The van der Waals surface area contributed by atoms with E-state index in [1.54, 1.807) is 0 Å². The number of aliphatic hydroxyl groups excluding tert-OH is 1. The second-order valence-corrected chi connectivity index (χ2v) is 3.89. The molecule has 0 aromatic rings. The van der Waals surface area contributed by atoms with Crippen molar-refractivity contribution in [3.05, 3.63) is 0 Å². The molecule has 96 valence electrons. The summed E-state index contributed by atoms with van der Waals surface area (Å²) in [5.41, 5.74) is 0. The highest BCUT2D eigenvalue weighted by Crippen LogP contribution is 1.97. The quantitative estimate of drug-likeness (QED) is 0.456. The number of ether oxygens (including phenoxy) is 1. The van der Waals surface area contributed by atoms with E-state index in [-0.39, 0.29) is 12.6 Å². The first-order valence-corrected chi connectivity index (χ1v) is 6.23. The van der Waals surface area contributed by atoms with Crippen LogP contribution in [-0.4, -0.2) is 48.8 Å². The number of rotatable bonds is 10. The number of carbonyl (C=O) groups excluding carboxylic acids is 1. The van der Waals surface area contributed by atoms with Crippen LogP contribution < -0.4 is 0 Å². The van der Waals surface area contributed by atoms with Crippen molar-refractivity contribution in [3.8, 4) is 0 Å². The Morgan fingerprint density at radius 1 is 1.19 bits per heavy atom. The van der Waals surface area contributed by atoms with Crippen molar-refractivity contribution in [2.75, 3.05) is 32.8 Å². The van der Waals surface area contributed by atoms with E-state index in [1.165, 1.54) is 0 Å². The predicted octanol–water partition coefficient (Wildman–Crippen LogP) is 1.42. The topological polar surface area (TPSA) is 49.8 Å². The van der Waals surface area contributed by atoms with E-state index < -0.39 is 0 Å². The van der Waals surface area contributed by atoms with Crippen LogP contribution >= 0.6 is 0 Å². The summed E-state index contributed by atoms with van der Waals surface area (Å²) in [5.74, 6) is -0.132. The van der Waals surface area contributed by atoms with Gasteiger partial charge in [-0.1, -0.05) is 20.3 Å². The first-order valence-electron chi connectivity index (χ1n) is 6.23. The average molecular weight is 231 g/mol. The van der Waals surface area contributed by atoms with Crippen molar-refractivity contribution in [1.29, 1.82) is 0 Å². The van der Waals surface area contributed by atoms with Gasteiger partial charge in [-0.25, -0.2) is 0 Å². The fourth-order valence-electron chi connectivity index (χ4n) is 1.44. The summed E-state index contributed by atoms with van der Waals surface area (Å²) in [4.78, 5) is 13.4. The van der Waals surface area contributed by atoms with E-state index in [1.807, 2.05) is 0 Å². The molecule has 0 unspecified atom stereocenters. The van der Waals surface area contributed by atoms with Crippen molar-refractivity contribution in [2.45, 2.75) is 39.5 Å². The Morgan fingerprint density at radius 3 is 2.50 bits per heavy atom. The Kier molecular flexibility index (Phi) is 10.5. The van der Waals surface area contributed by atoms with Crippen molar-refractivity contribution >= 4 is 5.97 Å². The molecule has 16 heavy (non-hydrogen) atoms. The van der Waals surface area contributed by atoms with Gasteiger partial charge in [0, 0.05) is 13.1 Å². The third-order valence-corrected chi connectivity index (χ3v) is 2.35. The maximum Gasteiger partial charge on any atom is 0.307 e. The van der Waals surface area contributed by atoms with Crippen LogP contribution in [0.1, 0.15) is 39.5 Å². The molecule has 0 rings (SSSR count). The van der Waals surface area contributed by atoms with Crippen molar-refractivity contribution < 1.29 is 14.6 Å². The number of esters is 1. The number of hydrogen-bond donors (Lipinski definition) is 1. The predicted molar refractivity (Wildman–Crippen MR) is 64.3 cm³/mol. The molecular weight excluding hydrogens is 206 g/mol. The van der Waals surface area contributed by atoms with Gasteiger partial charge in [-0.3, -0.25) is 4.79 Å². The lowest BCUT2D eigenvalue weighted by atomic mass is 10.3. The van der Waals surface area contributed by atoms with Gasteiger partial charge in [-0.2, -0.15) is 0 Å². The largest absolute Gasteiger partial charge is 0.466 e. The summed E-state index contributed by atoms with van der Waals surface area (Å²) in [7, 11) is 0. The van der Waals surface area contributed by atoms with Gasteiger partial charge in [0.1, 0.15) is 0 Å². The SMILES string of the molecule is CCCCOC(=O)CCN(CCC)CCO. The summed E-state index contributed by atoms with van der Waals surface area (Å²) in [5, 5.41) is 8.84. The van der Waals surface area contributed by atoms with Crippen LogP contribution in [0.4, 0.5) is 0 Å². The molecule has 0 aromatic heterocycles. The minimum atomic E-state index is -0.132. The van der Waals surface area contributed by atoms with Crippen LogP contribution in [0.2, 0.25) is 0 Å². The van der Waals surface area contributed by atoms with Crippen LogP contribution in [0, 0.1) is 0 Å². The van der Waals surface area contributed by atoms with E-state index in [4.69, 9.17) is 9.84 Å². The van der Waals surface area contributed by atoms with Gasteiger partial charge in [0.25, 0.3) is 0 Å². The van der Waals surface area contributed by atoms with Crippen LogP contribution in [0.25, 0.3) is 0 Å². The van der Waals surface area contributed by atoms with E-state index in [0.717, 1.165) is 25.8 Å². The van der Waals surface area contributed by atoms with E-state index in [0.29, 0.717) is 26.1 Å². The van der Waals surface area contributed by atoms with Gasteiger partial charge in [0.2, 0.25) is 0 Å². The summed E-state index contributed by atoms with van der Waals surface area (Å²) in [6, 6.07) is 0. The molecule has 0 aliphatic rings. The summed E-state index contributed by atoms with van der Waals surface area (Å²) in [6.45, 7) is 7.06. The zero-order valence-electron chi connectivity index (χ0n) is 10.6. The average Bonchev–Trinajstić information content (AvgIpc) is 2.27. The standard InChI is InChI=1S/C12H25NO3/c1-3-5-11-16-12(15)6-8-13(7-4-2)9-10-14/h14H,3-11H2,1-2H3. The maximum absolute atomic E-state index is 11.3. The maximum atomic E-state index is 11.3. The van der Waals surface area contributed by atoms with Crippen LogP contribution in [-0.2, 0) is 9.53 Å². The molecule has 0 radical (unpaired) electrons. The van der Waals surface area contributed by atoms with Crippen molar-refractivity contribution in [1.82, 2.24) is 4.90 Å². The van der Waals surface area contributed by atoms with E-state index >= 15 is 0 Å². The van der Waals surface area contributed by atoms with Crippen molar-refractivity contribution in [3.63, 3.8) is 0 Å². The molecular formula is C12H25NO3. The first kappa shape index (κ1) is 15.4. The van der Waals surface area contributed by atoms with Gasteiger partial charge >= 0.3 is 5.97 Å². The normalized spacial score (nSPS) is 10.8. The second kappa shape index (κ2) is 10.9. The van der Waals surface area contributed by atoms with Crippen LogP contribution in [0.3, 0.4) is 0 Å². The molecule has 0 aliphatic heterocycles. The lowest BCUT2D eigenvalue weighted by Gasteiger charge is -2.19. The second-order valence-electron chi connectivity index (χ2n) is 3.89. The Bertz CT molecular complexity index is 168. The molecule has 0 aromatic carbocycles. The number of nitrogens with zero attached hydrogens (tertiary/aromatic N) is 1. The van der Waals surface area contributed by atoms with E-state index in [2.05, 4.69) is 18.7 Å². The third kappa shape index (κ3) is 8.68. The Hall–Kier alpha value is -0.610. The zero-order valence-corrected chi connectivity index (χ0v) is 10.6. The van der Waals surface area contributed by atoms with Gasteiger partial charge in [0.15, 0.2) is 0 Å². The molecule has 0 bridgehead atoms. The van der Waals surface area contributed by atoms with Gasteiger partial charge < -0.3 is 14.7 Å². The molecule has 0 fully saturated rings. The summed E-state index contributed by atoms with van der Waals surface area (Å²) in [6.07, 6.45) is 3.43. The molecule has 0 saturated carbocycles. The fraction of sp³-hybridized carbons (Fsp3) is 0.917. The highest BCUT2D eigenvalue weighted by atomic mass is 16.5. The smallest absolute Gasteiger partial charge is 0.307 e. The van der Waals surface area contributed by atoms with Gasteiger partial charge in [0.05, 0.1) is 19.6 Å². The summed E-state index contributed by atoms with van der Waals surface area (Å²) >= 11 is 0. The molecule has 0 heterocycles. The molecule has 4 nitrogen and oxygen atoms in total. The van der Waals surface area contributed by atoms with Crippen molar-refractivity contribution in [2.24, 2.45) is 0 Å². The Labute approximate surface area is 98.6 Å². The molecule has 0 atom stereocenters. The van der Waals surface area contributed by atoms with E-state index in [9.17, 15) is 4.79 Å². The van der Waals surface area contributed by atoms with Crippen LogP contribution in [0.5, 0.6) is 0 Å². The number of unbranched alkanes of at least 4 members (excludes halogenated alkanes) is 1. The first-order chi connectivity index (χ1) is 7.74. The Balaban J connectivity index is 3.60. The highest BCUT2D eigenvalue weighted by molar-refractivity contribution is 5.69. The molecule has 0 spiro atoms. The lowest BCUT2D eigenvalue weighted by molar-refractivity contribution is -0.144. The minimum Gasteiger partial charge on any atom is -0.466 e. The monoisotopic (exact) mass is 231 g/mol. The number of aliphatic hydroxyl groups is 1. The third-order valence-electron chi connectivity index (χ3n) is 2.35. The number of carbonyl (C=O) groups is 1. The highest BCUT2D eigenvalue weighted by Gasteiger charge is 2.07.